The van der Waals surface area contributed by atoms with Gasteiger partial charge < -0.3 is 15.7 Å². The number of carbonyl (C=O) groups excluding carboxylic acids is 1. The third-order valence-electron chi connectivity index (χ3n) is 3.49. The molecule has 0 aliphatic heterocycles. The predicted octanol–water partition coefficient (Wildman–Crippen LogP) is 1.48. The largest absolute Gasteiger partial charge is 0.481 e. The summed E-state index contributed by atoms with van der Waals surface area (Å²) in [5, 5.41) is 18.5. The van der Waals surface area contributed by atoms with Gasteiger partial charge in [0.15, 0.2) is 0 Å². The van der Waals surface area contributed by atoms with Crippen molar-refractivity contribution >= 4 is 12.0 Å². The van der Waals surface area contributed by atoms with Crippen LogP contribution in [0.1, 0.15) is 43.1 Å². The third kappa shape index (κ3) is 5.45. The number of amides is 2. The minimum Gasteiger partial charge on any atom is -0.481 e. The first-order valence-electron chi connectivity index (χ1n) is 7.06. The molecular weight excluding hydrogens is 272 g/mol. The fourth-order valence-electron chi connectivity index (χ4n) is 2.15. The van der Waals surface area contributed by atoms with Crippen LogP contribution in [-0.2, 0) is 18.4 Å². The molecule has 0 radical (unpaired) electrons. The van der Waals surface area contributed by atoms with Crippen LogP contribution >= 0.6 is 0 Å². The molecule has 0 aliphatic carbocycles. The van der Waals surface area contributed by atoms with Crippen LogP contribution in [0.5, 0.6) is 0 Å². The summed E-state index contributed by atoms with van der Waals surface area (Å²) in [7, 11) is 1.87. The summed E-state index contributed by atoms with van der Waals surface area (Å²) in [6.07, 6.45) is 1.32. The maximum absolute atomic E-state index is 11.8. The second-order valence-electron chi connectivity index (χ2n) is 5.29. The summed E-state index contributed by atoms with van der Waals surface area (Å²) in [5.74, 6) is -0.811. The highest BCUT2D eigenvalue weighted by Crippen LogP contribution is 2.11. The Morgan fingerprint density at radius 1 is 1.38 bits per heavy atom. The standard InChI is InChI=1S/C14H24N4O3/c1-9(6-5-7-13(19)20)16-14(21)15-8-12-10(2)17-18(4)11(12)3/h9H,5-8H2,1-4H3,(H,19,20)(H2,15,16,21). The predicted molar refractivity (Wildman–Crippen MR) is 79.0 cm³/mol. The molecule has 118 valence electrons. The lowest BCUT2D eigenvalue weighted by Gasteiger charge is -2.14. The number of carbonyl (C=O) groups is 2. The van der Waals surface area contributed by atoms with E-state index in [0.29, 0.717) is 19.4 Å². The quantitative estimate of drug-likeness (QED) is 0.710. The molecule has 0 aromatic carbocycles. The van der Waals surface area contributed by atoms with E-state index in [1.165, 1.54) is 0 Å². The van der Waals surface area contributed by atoms with Crippen LogP contribution in [0.15, 0.2) is 0 Å². The number of aryl methyl sites for hydroxylation is 2. The van der Waals surface area contributed by atoms with Crippen molar-refractivity contribution in [2.24, 2.45) is 7.05 Å². The van der Waals surface area contributed by atoms with Crippen LogP contribution in [0.2, 0.25) is 0 Å². The Morgan fingerprint density at radius 3 is 2.57 bits per heavy atom. The molecule has 0 spiro atoms. The van der Waals surface area contributed by atoms with E-state index in [1.807, 2.05) is 27.8 Å². The second kappa shape index (κ2) is 7.66. The zero-order valence-corrected chi connectivity index (χ0v) is 13.1. The van der Waals surface area contributed by atoms with Crippen molar-refractivity contribution < 1.29 is 14.7 Å². The van der Waals surface area contributed by atoms with Crippen molar-refractivity contribution in [3.05, 3.63) is 17.0 Å². The molecule has 0 bridgehead atoms. The van der Waals surface area contributed by atoms with Gasteiger partial charge in [0.05, 0.1) is 5.69 Å². The number of nitrogens with zero attached hydrogens (tertiary/aromatic N) is 2. The van der Waals surface area contributed by atoms with E-state index < -0.39 is 5.97 Å². The van der Waals surface area contributed by atoms with Crippen LogP contribution in [-0.4, -0.2) is 32.9 Å². The van der Waals surface area contributed by atoms with E-state index in [2.05, 4.69) is 15.7 Å². The minimum absolute atomic E-state index is 0.0551. The Kier molecular flexibility index (Phi) is 6.20. The number of aliphatic carboxylic acids is 1. The highest BCUT2D eigenvalue weighted by Gasteiger charge is 2.12. The Morgan fingerprint density at radius 2 is 2.05 bits per heavy atom. The molecule has 2 amide bonds. The average molecular weight is 296 g/mol. The maximum Gasteiger partial charge on any atom is 0.315 e. The lowest BCUT2D eigenvalue weighted by molar-refractivity contribution is -0.137. The molecule has 0 saturated carbocycles. The van der Waals surface area contributed by atoms with Gasteiger partial charge in [-0.25, -0.2) is 4.79 Å². The molecule has 1 aromatic heterocycles. The summed E-state index contributed by atoms with van der Waals surface area (Å²) in [4.78, 5) is 22.2. The van der Waals surface area contributed by atoms with E-state index >= 15 is 0 Å². The monoisotopic (exact) mass is 296 g/mol. The minimum atomic E-state index is -0.811. The second-order valence-corrected chi connectivity index (χ2v) is 5.29. The number of carboxylic acid groups (broad SMARTS) is 1. The summed E-state index contributed by atoms with van der Waals surface area (Å²) in [5.41, 5.74) is 2.96. The van der Waals surface area contributed by atoms with E-state index in [4.69, 9.17) is 5.11 Å². The van der Waals surface area contributed by atoms with Crippen LogP contribution in [0, 0.1) is 13.8 Å². The first kappa shape index (κ1) is 17.0. The molecular formula is C14H24N4O3. The fraction of sp³-hybridized carbons (Fsp3) is 0.643. The Balaban J connectivity index is 2.35. The highest BCUT2D eigenvalue weighted by atomic mass is 16.4. The number of rotatable bonds is 7. The van der Waals surface area contributed by atoms with Gasteiger partial charge in [0.25, 0.3) is 0 Å². The lowest BCUT2D eigenvalue weighted by atomic mass is 10.1. The highest BCUT2D eigenvalue weighted by molar-refractivity contribution is 5.74. The molecule has 0 aliphatic rings. The van der Waals surface area contributed by atoms with Gasteiger partial charge in [-0.05, 0) is 33.6 Å². The first-order valence-corrected chi connectivity index (χ1v) is 7.06. The average Bonchev–Trinajstić information content (AvgIpc) is 2.60. The molecule has 0 saturated heterocycles. The van der Waals surface area contributed by atoms with Gasteiger partial charge in [-0.1, -0.05) is 0 Å². The van der Waals surface area contributed by atoms with Crippen molar-refractivity contribution in [2.75, 3.05) is 0 Å². The van der Waals surface area contributed by atoms with Gasteiger partial charge in [-0.15, -0.1) is 0 Å². The van der Waals surface area contributed by atoms with Gasteiger partial charge in [0, 0.05) is 37.3 Å². The number of hydrogen-bond donors (Lipinski definition) is 3. The molecule has 3 N–H and O–H groups in total. The number of nitrogens with one attached hydrogen (secondary N) is 2. The van der Waals surface area contributed by atoms with E-state index in [1.54, 1.807) is 4.68 Å². The Hall–Kier alpha value is -2.05. The Bertz CT molecular complexity index is 511. The smallest absolute Gasteiger partial charge is 0.315 e. The number of urea groups is 1. The van der Waals surface area contributed by atoms with Crippen molar-refractivity contribution in [2.45, 2.75) is 52.6 Å². The van der Waals surface area contributed by atoms with Gasteiger partial charge >= 0.3 is 12.0 Å². The zero-order valence-electron chi connectivity index (χ0n) is 13.1. The third-order valence-corrected chi connectivity index (χ3v) is 3.49. The molecule has 1 heterocycles. The van der Waals surface area contributed by atoms with Gasteiger partial charge in [0.2, 0.25) is 0 Å². The summed E-state index contributed by atoms with van der Waals surface area (Å²) in [6, 6.07) is -0.305. The van der Waals surface area contributed by atoms with Gasteiger partial charge in [-0.3, -0.25) is 9.48 Å². The molecule has 0 fully saturated rings. The Labute approximate surface area is 124 Å². The van der Waals surface area contributed by atoms with Crippen molar-refractivity contribution in [1.29, 1.82) is 0 Å². The summed E-state index contributed by atoms with van der Waals surface area (Å²) in [6.45, 7) is 6.17. The molecule has 7 nitrogen and oxygen atoms in total. The fourth-order valence-corrected chi connectivity index (χ4v) is 2.15. The molecule has 7 heteroatoms. The van der Waals surface area contributed by atoms with Crippen LogP contribution in [0.4, 0.5) is 4.79 Å². The van der Waals surface area contributed by atoms with Crippen LogP contribution in [0.3, 0.4) is 0 Å². The van der Waals surface area contributed by atoms with E-state index in [-0.39, 0.29) is 18.5 Å². The normalized spacial score (nSPS) is 12.0. The van der Waals surface area contributed by atoms with Gasteiger partial charge in [0.1, 0.15) is 0 Å². The van der Waals surface area contributed by atoms with Crippen molar-refractivity contribution in [3.8, 4) is 0 Å². The number of carboxylic acids is 1. The lowest BCUT2D eigenvalue weighted by Crippen LogP contribution is -2.40. The zero-order chi connectivity index (χ0) is 16.0. The molecule has 1 unspecified atom stereocenters. The van der Waals surface area contributed by atoms with E-state index in [9.17, 15) is 9.59 Å². The molecule has 1 rings (SSSR count). The summed E-state index contributed by atoms with van der Waals surface area (Å²) >= 11 is 0. The SMILES string of the molecule is Cc1nn(C)c(C)c1CNC(=O)NC(C)CCCC(=O)O. The summed E-state index contributed by atoms with van der Waals surface area (Å²) < 4.78 is 1.79. The van der Waals surface area contributed by atoms with Crippen LogP contribution < -0.4 is 10.6 Å². The van der Waals surface area contributed by atoms with Crippen LogP contribution in [0.25, 0.3) is 0 Å². The van der Waals surface area contributed by atoms with Crippen molar-refractivity contribution in [1.82, 2.24) is 20.4 Å². The molecule has 1 aromatic rings. The molecule has 21 heavy (non-hydrogen) atoms. The van der Waals surface area contributed by atoms with Crippen molar-refractivity contribution in [3.63, 3.8) is 0 Å². The van der Waals surface area contributed by atoms with Gasteiger partial charge in [-0.2, -0.15) is 5.10 Å². The van der Waals surface area contributed by atoms with E-state index in [0.717, 1.165) is 17.0 Å². The number of aromatic nitrogens is 2. The topological polar surface area (TPSA) is 96.3 Å². The molecule has 1 atom stereocenters. The number of hydrogen-bond acceptors (Lipinski definition) is 3. The first-order chi connectivity index (χ1) is 9.81. The maximum atomic E-state index is 11.8.